The molecular weight excluding hydrogens is 446 g/mol. The van der Waals surface area contributed by atoms with Gasteiger partial charge in [-0.25, -0.2) is 14.5 Å². The van der Waals surface area contributed by atoms with Gasteiger partial charge in [0, 0.05) is 5.69 Å². The second-order valence-corrected chi connectivity index (χ2v) is 7.71. The summed E-state index contributed by atoms with van der Waals surface area (Å²) in [5, 5.41) is 5.13. The summed E-state index contributed by atoms with van der Waals surface area (Å²) in [6.07, 6.45) is 1.57. The minimum atomic E-state index is -0.671. The van der Waals surface area contributed by atoms with Crippen LogP contribution in [0.2, 0.25) is 0 Å². The monoisotopic (exact) mass is 469 g/mol. The molecule has 0 bridgehead atoms. The van der Waals surface area contributed by atoms with Crippen molar-refractivity contribution in [3.05, 3.63) is 95.7 Å². The van der Waals surface area contributed by atoms with Gasteiger partial charge in [0.2, 0.25) is 5.91 Å². The molecule has 3 aromatic rings. The van der Waals surface area contributed by atoms with Crippen molar-refractivity contribution in [3.63, 3.8) is 0 Å². The van der Waals surface area contributed by atoms with Crippen LogP contribution in [0.5, 0.6) is 0 Å². The molecule has 2 N–H and O–H groups in total. The van der Waals surface area contributed by atoms with Crippen LogP contribution in [0.15, 0.2) is 84.6 Å². The highest BCUT2D eigenvalue weighted by molar-refractivity contribution is 6.16. The molecule has 0 unspecified atom stereocenters. The van der Waals surface area contributed by atoms with Crippen LogP contribution >= 0.6 is 0 Å². The molecule has 0 aliphatic carbocycles. The molecule has 35 heavy (non-hydrogen) atoms. The maximum absolute atomic E-state index is 12.7. The molecule has 1 saturated heterocycles. The van der Waals surface area contributed by atoms with E-state index in [1.165, 1.54) is 12.1 Å². The van der Waals surface area contributed by atoms with Gasteiger partial charge in [-0.15, -0.1) is 0 Å². The summed E-state index contributed by atoms with van der Waals surface area (Å²) in [5.74, 6) is -1.60. The van der Waals surface area contributed by atoms with Crippen molar-refractivity contribution in [1.29, 1.82) is 0 Å². The summed E-state index contributed by atoms with van der Waals surface area (Å²) in [6.45, 7) is 1.53. The number of urea groups is 1. The fraction of sp³-hybridized carbons (Fsp3) is 0.111. The van der Waals surface area contributed by atoms with Crippen LogP contribution in [-0.2, 0) is 14.3 Å². The number of nitrogens with zero attached hydrogens (tertiary/aromatic N) is 1. The molecular formula is C27H23N3O5. The molecule has 8 heteroatoms. The number of benzene rings is 3. The van der Waals surface area contributed by atoms with E-state index in [0.717, 1.165) is 21.6 Å². The maximum Gasteiger partial charge on any atom is 0.338 e. The average Bonchev–Trinajstić information content (AvgIpc) is 3.13. The molecule has 1 aliphatic rings. The molecule has 0 spiro atoms. The Bertz CT molecular complexity index is 1280. The van der Waals surface area contributed by atoms with Gasteiger partial charge in [0.05, 0.1) is 12.2 Å². The van der Waals surface area contributed by atoms with Gasteiger partial charge in [-0.1, -0.05) is 54.6 Å². The molecule has 1 heterocycles. The Labute approximate surface area is 202 Å². The highest BCUT2D eigenvalue weighted by Crippen LogP contribution is 2.21. The van der Waals surface area contributed by atoms with Crippen molar-refractivity contribution in [2.75, 3.05) is 18.5 Å². The molecule has 4 amide bonds. The van der Waals surface area contributed by atoms with Gasteiger partial charge in [-0.2, -0.15) is 0 Å². The number of carbonyl (C=O) groups is 4. The summed E-state index contributed by atoms with van der Waals surface area (Å²) in [7, 11) is 0. The molecule has 0 atom stereocenters. The smallest absolute Gasteiger partial charge is 0.338 e. The third kappa shape index (κ3) is 5.62. The summed E-state index contributed by atoms with van der Waals surface area (Å²) >= 11 is 0. The Morgan fingerprint density at radius 2 is 1.57 bits per heavy atom. The third-order valence-electron chi connectivity index (χ3n) is 5.27. The van der Waals surface area contributed by atoms with Crippen LogP contribution in [0.25, 0.3) is 17.2 Å². The lowest BCUT2D eigenvalue weighted by molar-refractivity contribution is -0.127. The standard InChI is InChI=1S/C27H23N3O5/c1-2-35-26(33)21-12-14-22(15-13-21)28-24(31)17-30-25(32)23(29-27(30)34)16-18-8-10-20(11-9-18)19-6-4-3-5-7-19/h3-16H,2,17H2,1H3,(H,28,31)(H,29,34)/b23-16-. The molecule has 8 nitrogen and oxygen atoms in total. The Hall–Kier alpha value is -4.72. The second-order valence-electron chi connectivity index (χ2n) is 7.71. The number of carbonyl (C=O) groups excluding carboxylic acids is 4. The Kier molecular flexibility index (Phi) is 7.02. The predicted molar refractivity (Wildman–Crippen MR) is 131 cm³/mol. The van der Waals surface area contributed by atoms with Crippen LogP contribution in [0, 0.1) is 0 Å². The van der Waals surface area contributed by atoms with Crippen molar-refractivity contribution in [2.45, 2.75) is 6.92 Å². The zero-order valence-corrected chi connectivity index (χ0v) is 19.0. The van der Waals surface area contributed by atoms with Gasteiger partial charge in [-0.05, 0) is 54.0 Å². The topological polar surface area (TPSA) is 105 Å². The van der Waals surface area contributed by atoms with Crippen LogP contribution in [0.4, 0.5) is 10.5 Å². The predicted octanol–water partition coefficient (Wildman–Crippen LogP) is 4.06. The van der Waals surface area contributed by atoms with Gasteiger partial charge >= 0.3 is 12.0 Å². The zero-order chi connectivity index (χ0) is 24.8. The van der Waals surface area contributed by atoms with Crippen LogP contribution in [0.3, 0.4) is 0 Å². The molecule has 4 rings (SSSR count). The SMILES string of the molecule is CCOC(=O)c1ccc(NC(=O)CN2C(=O)N/C(=C\c3ccc(-c4ccccc4)cc3)C2=O)cc1. The van der Waals surface area contributed by atoms with Crippen molar-refractivity contribution in [2.24, 2.45) is 0 Å². The van der Waals surface area contributed by atoms with E-state index >= 15 is 0 Å². The molecule has 0 aromatic heterocycles. The van der Waals surface area contributed by atoms with Gasteiger partial charge in [0.15, 0.2) is 0 Å². The first-order valence-corrected chi connectivity index (χ1v) is 11.0. The lowest BCUT2D eigenvalue weighted by atomic mass is 10.0. The lowest BCUT2D eigenvalue weighted by Crippen LogP contribution is -2.38. The van der Waals surface area contributed by atoms with Crippen molar-refractivity contribution < 1.29 is 23.9 Å². The number of ether oxygens (including phenoxy) is 1. The number of hydrogen-bond acceptors (Lipinski definition) is 5. The third-order valence-corrected chi connectivity index (χ3v) is 5.27. The highest BCUT2D eigenvalue weighted by atomic mass is 16.5. The summed E-state index contributed by atoms with van der Waals surface area (Å²) in [6, 6.07) is 22.9. The molecule has 3 aromatic carbocycles. The lowest BCUT2D eigenvalue weighted by Gasteiger charge is -2.12. The fourth-order valence-corrected chi connectivity index (χ4v) is 3.53. The summed E-state index contributed by atoms with van der Waals surface area (Å²) < 4.78 is 4.92. The maximum atomic E-state index is 12.7. The van der Waals surface area contributed by atoms with Crippen LogP contribution in [-0.4, -0.2) is 41.9 Å². The first kappa shape index (κ1) is 23.4. The number of esters is 1. The van der Waals surface area contributed by atoms with E-state index in [0.29, 0.717) is 11.3 Å². The molecule has 176 valence electrons. The van der Waals surface area contributed by atoms with Crippen LogP contribution < -0.4 is 10.6 Å². The van der Waals surface area contributed by atoms with E-state index in [2.05, 4.69) is 10.6 Å². The van der Waals surface area contributed by atoms with Gasteiger partial charge in [0.1, 0.15) is 12.2 Å². The Morgan fingerprint density at radius 1 is 0.914 bits per heavy atom. The molecule has 1 fully saturated rings. The number of nitrogens with one attached hydrogen (secondary N) is 2. The number of hydrogen-bond donors (Lipinski definition) is 2. The highest BCUT2D eigenvalue weighted by Gasteiger charge is 2.34. The van der Waals surface area contributed by atoms with Gasteiger partial charge < -0.3 is 15.4 Å². The zero-order valence-electron chi connectivity index (χ0n) is 19.0. The van der Waals surface area contributed by atoms with Crippen molar-refractivity contribution in [3.8, 4) is 11.1 Å². The van der Waals surface area contributed by atoms with E-state index in [4.69, 9.17) is 4.74 Å². The minimum absolute atomic E-state index is 0.0917. The first-order valence-electron chi connectivity index (χ1n) is 11.0. The quantitative estimate of drug-likeness (QED) is 0.308. The number of amides is 4. The van der Waals surface area contributed by atoms with E-state index < -0.39 is 30.4 Å². The second kappa shape index (κ2) is 10.5. The Morgan fingerprint density at radius 3 is 2.23 bits per heavy atom. The van der Waals surface area contributed by atoms with E-state index in [9.17, 15) is 19.2 Å². The normalized spacial score (nSPS) is 14.1. The Balaban J connectivity index is 1.38. The number of rotatable bonds is 7. The number of anilines is 1. The van der Waals surface area contributed by atoms with Gasteiger partial charge in [0.25, 0.3) is 5.91 Å². The largest absolute Gasteiger partial charge is 0.462 e. The fourth-order valence-electron chi connectivity index (χ4n) is 3.53. The van der Waals surface area contributed by atoms with E-state index in [1.54, 1.807) is 25.1 Å². The number of imide groups is 1. The van der Waals surface area contributed by atoms with E-state index in [-0.39, 0.29) is 12.3 Å². The van der Waals surface area contributed by atoms with Crippen molar-refractivity contribution in [1.82, 2.24) is 10.2 Å². The van der Waals surface area contributed by atoms with Crippen molar-refractivity contribution >= 4 is 35.6 Å². The summed E-state index contributed by atoms with van der Waals surface area (Å²) in [5.41, 5.74) is 3.71. The summed E-state index contributed by atoms with van der Waals surface area (Å²) in [4.78, 5) is 50.0. The average molecular weight is 469 g/mol. The molecule has 0 radical (unpaired) electrons. The first-order chi connectivity index (χ1) is 16.9. The minimum Gasteiger partial charge on any atom is -0.462 e. The molecule has 0 saturated carbocycles. The van der Waals surface area contributed by atoms with Gasteiger partial charge in [-0.3, -0.25) is 9.59 Å². The van der Waals surface area contributed by atoms with E-state index in [1.807, 2.05) is 54.6 Å². The molecule has 1 aliphatic heterocycles. The van der Waals surface area contributed by atoms with Crippen LogP contribution in [0.1, 0.15) is 22.8 Å².